The highest BCUT2D eigenvalue weighted by Gasteiger charge is 2.22. The summed E-state index contributed by atoms with van der Waals surface area (Å²) >= 11 is 0. The topological polar surface area (TPSA) is 29.9 Å². The minimum absolute atomic E-state index is 0.563. The van der Waals surface area contributed by atoms with Gasteiger partial charge in [-0.05, 0) is 25.8 Å². The minimum Gasteiger partial charge on any atom is -0.332 e. The highest BCUT2D eigenvalue weighted by atomic mass is 15.1. The Hall–Kier alpha value is -0.830. The summed E-state index contributed by atoms with van der Waals surface area (Å²) in [5.41, 5.74) is 2.83. The fourth-order valence-corrected chi connectivity index (χ4v) is 2.38. The van der Waals surface area contributed by atoms with E-state index < -0.39 is 0 Å². The summed E-state index contributed by atoms with van der Waals surface area (Å²) in [6.07, 6.45) is 3.57. The number of aromatic nitrogens is 2. The van der Waals surface area contributed by atoms with Crippen LogP contribution in [0.15, 0.2) is 0 Å². The fraction of sp³-hybridized carbons (Fsp3) is 0.750. The highest BCUT2D eigenvalue weighted by molar-refractivity contribution is 5.23. The molecule has 0 unspecified atom stereocenters. The standard InChI is InChI=1S/C12H21N3/c1-9(2)12-10-5-4-8-15(10)11(14-12)6-7-13-3/h9,13H,4-8H2,1-3H3. The molecule has 15 heavy (non-hydrogen) atoms. The van der Waals surface area contributed by atoms with Crippen LogP contribution in [0, 0.1) is 0 Å². The van der Waals surface area contributed by atoms with Crippen LogP contribution < -0.4 is 5.32 Å². The molecule has 1 aromatic heterocycles. The lowest BCUT2D eigenvalue weighted by molar-refractivity contribution is 0.662. The van der Waals surface area contributed by atoms with E-state index in [9.17, 15) is 0 Å². The molecule has 0 bridgehead atoms. The quantitative estimate of drug-likeness (QED) is 0.814. The van der Waals surface area contributed by atoms with Crippen molar-refractivity contribution in [3.63, 3.8) is 0 Å². The molecular weight excluding hydrogens is 186 g/mol. The van der Waals surface area contributed by atoms with E-state index in [4.69, 9.17) is 4.98 Å². The smallest absolute Gasteiger partial charge is 0.110 e. The molecule has 0 aliphatic carbocycles. The predicted octanol–water partition coefficient (Wildman–Crippen LogP) is 1.71. The van der Waals surface area contributed by atoms with Crippen molar-refractivity contribution in [1.29, 1.82) is 0 Å². The molecule has 0 radical (unpaired) electrons. The zero-order valence-electron chi connectivity index (χ0n) is 10.0. The maximum Gasteiger partial charge on any atom is 0.110 e. The molecule has 2 heterocycles. The molecule has 1 aliphatic heterocycles. The number of rotatable bonds is 4. The highest BCUT2D eigenvalue weighted by Crippen LogP contribution is 2.26. The van der Waals surface area contributed by atoms with Crippen molar-refractivity contribution in [1.82, 2.24) is 14.9 Å². The van der Waals surface area contributed by atoms with E-state index in [1.807, 2.05) is 7.05 Å². The molecule has 1 aliphatic rings. The van der Waals surface area contributed by atoms with Crippen molar-refractivity contribution in [3.05, 3.63) is 17.2 Å². The molecule has 0 aromatic carbocycles. The number of likely N-dealkylation sites (N-methyl/N-ethyl adjacent to an activating group) is 1. The Bertz CT molecular complexity index is 339. The van der Waals surface area contributed by atoms with Gasteiger partial charge in [-0.15, -0.1) is 0 Å². The summed E-state index contributed by atoms with van der Waals surface area (Å²) in [6.45, 7) is 6.68. The Balaban J connectivity index is 2.27. The van der Waals surface area contributed by atoms with Gasteiger partial charge in [0.2, 0.25) is 0 Å². The molecule has 84 valence electrons. The third-order valence-electron chi connectivity index (χ3n) is 3.12. The number of imidazole rings is 1. The molecule has 0 saturated heterocycles. The van der Waals surface area contributed by atoms with Crippen LogP contribution in [0.1, 0.15) is 43.4 Å². The molecule has 1 aromatic rings. The molecule has 0 spiro atoms. The van der Waals surface area contributed by atoms with Gasteiger partial charge in [-0.3, -0.25) is 0 Å². The van der Waals surface area contributed by atoms with Crippen LogP contribution >= 0.6 is 0 Å². The van der Waals surface area contributed by atoms with Gasteiger partial charge in [0.05, 0.1) is 5.69 Å². The van der Waals surface area contributed by atoms with Crippen molar-refractivity contribution >= 4 is 0 Å². The van der Waals surface area contributed by atoms with Crippen LogP contribution in [-0.4, -0.2) is 23.1 Å². The summed E-state index contributed by atoms with van der Waals surface area (Å²) < 4.78 is 2.44. The average molecular weight is 207 g/mol. The first kappa shape index (κ1) is 10.7. The Morgan fingerprint density at radius 1 is 1.47 bits per heavy atom. The van der Waals surface area contributed by atoms with Gasteiger partial charge in [0.25, 0.3) is 0 Å². The van der Waals surface area contributed by atoms with Crippen LogP contribution in [-0.2, 0) is 19.4 Å². The molecule has 0 atom stereocenters. The summed E-state index contributed by atoms with van der Waals surface area (Å²) in [6, 6.07) is 0. The summed E-state index contributed by atoms with van der Waals surface area (Å²) in [7, 11) is 2.00. The van der Waals surface area contributed by atoms with E-state index in [0.717, 1.165) is 13.0 Å². The molecule has 0 saturated carbocycles. The van der Waals surface area contributed by atoms with Gasteiger partial charge in [0.15, 0.2) is 0 Å². The third kappa shape index (κ3) is 1.93. The lowest BCUT2D eigenvalue weighted by Crippen LogP contribution is -2.13. The monoisotopic (exact) mass is 207 g/mol. The van der Waals surface area contributed by atoms with Crippen molar-refractivity contribution in [2.45, 2.75) is 45.6 Å². The van der Waals surface area contributed by atoms with Gasteiger partial charge in [0.1, 0.15) is 5.82 Å². The molecular formula is C12H21N3. The van der Waals surface area contributed by atoms with E-state index >= 15 is 0 Å². The van der Waals surface area contributed by atoms with E-state index in [2.05, 4.69) is 23.7 Å². The second-order valence-corrected chi connectivity index (χ2v) is 4.62. The number of nitrogens with one attached hydrogen (secondary N) is 1. The second kappa shape index (κ2) is 4.35. The lowest BCUT2D eigenvalue weighted by Gasteiger charge is -2.03. The van der Waals surface area contributed by atoms with Crippen molar-refractivity contribution in [2.75, 3.05) is 13.6 Å². The van der Waals surface area contributed by atoms with Crippen LogP contribution in [0.2, 0.25) is 0 Å². The maximum atomic E-state index is 4.79. The van der Waals surface area contributed by atoms with Gasteiger partial charge in [-0.1, -0.05) is 13.8 Å². The zero-order chi connectivity index (χ0) is 10.8. The zero-order valence-corrected chi connectivity index (χ0v) is 10.0. The van der Waals surface area contributed by atoms with E-state index in [1.54, 1.807) is 0 Å². The number of hydrogen-bond donors (Lipinski definition) is 1. The Kier molecular flexibility index (Phi) is 3.10. The Labute approximate surface area is 91.9 Å². The molecule has 0 fully saturated rings. The van der Waals surface area contributed by atoms with Crippen molar-refractivity contribution < 1.29 is 0 Å². The van der Waals surface area contributed by atoms with Crippen LogP contribution in [0.25, 0.3) is 0 Å². The minimum atomic E-state index is 0.563. The third-order valence-corrected chi connectivity index (χ3v) is 3.12. The van der Waals surface area contributed by atoms with Crippen LogP contribution in [0.5, 0.6) is 0 Å². The van der Waals surface area contributed by atoms with Gasteiger partial charge in [0, 0.05) is 25.2 Å². The van der Waals surface area contributed by atoms with E-state index in [-0.39, 0.29) is 0 Å². The van der Waals surface area contributed by atoms with Crippen molar-refractivity contribution in [2.24, 2.45) is 0 Å². The summed E-state index contributed by atoms with van der Waals surface area (Å²) in [4.78, 5) is 4.79. The normalized spacial score (nSPS) is 14.9. The van der Waals surface area contributed by atoms with Gasteiger partial charge >= 0.3 is 0 Å². The molecule has 0 amide bonds. The fourth-order valence-electron chi connectivity index (χ4n) is 2.38. The first-order chi connectivity index (χ1) is 7.24. The van der Waals surface area contributed by atoms with E-state index in [0.29, 0.717) is 5.92 Å². The van der Waals surface area contributed by atoms with Gasteiger partial charge < -0.3 is 9.88 Å². The van der Waals surface area contributed by atoms with Crippen LogP contribution in [0.3, 0.4) is 0 Å². The number of nitrogens with zero attached hydrogens (tertiary/aromatic N) is 2. The largest absolute Gasteiger partial charge is 0.332 e. The number of fused-ring (bicyclic) bond motifs is 1. The van der Waals surface area contributed by atoms with Crippen molar-refractivity contribution in [3.8, 4) is 0 Å². The summed E-state index contributed by atoms with van der Waals surface area (Å²) in [5.74, 6) is 1.84. The van der Waals surface area contributed by atoms with Gasteiger partial charge in [-0.25, -0.2) is 4.98 Å². The molecule has 3 heteroatoms. The molecule has 2 rings (SSSR count). The molecule has 3 nitrogen and oxygen atoms in total. The first-order valence-corrected chi connectivity index (χ1v) is 5.96. The number of hydrogen-bond acceptors (Lipinski definition) is 2. The molecule has 1 N–H and O–H groups in total. The van der Waals surface area contributed by atoms with E-state index in [1.165, 1.54) is 36.6 Å². The predicted molar refractivity (Wildman–Crippen MR) is 62.3 cm³/mol. The van der Waals surface area contributed by atoms with Gasteiger partial charge in [-0.2, -0.15) is 0 Å². The second-order valence-electron chi connectivity index (χ2n) is 4.62. The first-order valence-electron chi connectivity index (χ1n) is 5.96. The van der Waals surface area contributed by atoms with Crippen LogP contribution in [0.4, 0.5) is 0 Å². The Morgan fingerprint density at radius 2 is 2.27 bits per heavy atom. The SMILES string of the molecule is CNCCc1nc(C(C)C)c2n1CCC2. The Morgan fingerprint density at radius 3 is 2.93 bits per heavy atom. The lowest BCUT2D eigenvalue weighted by atomic mass is 10.1. The average Bonchev–Trinajstić information content (AvgIpc) is 2.75. The maximum absolute atomic E-state index is 4.79. The summed E-state index contributed by atoms with van der Waals surface area (Å²) in [5, 5.41) is 3.19.